The van der Waals surface area contributed by atoms with Crippen LogP contribution in [-0.4, -0.2) is 38.7 Å². The monoisotopic (exact) mass is 484 g/mol. The maximum absolute atomic E-state index is 12.2. The van der Waals surface area contributed by atoms with Crippen molar-refractivity contribution in [2.75, 3.05) is 26.0 Å². The van der Waals surface area contributed by atoms with Crippen LogP contribution in [0.15, 0.2) is 54.6 Å². The number of carboxylic acids is 1. The van der Waals surface area contributed by atoms with Gasteiger partial charge in [-0.05, 0) is 24.3 Å². The third-order valence-electron chi connectivity index (χ3n) is 3.47. The lowest BCUT2D eigenvalue weighted by Crippen LogP contribution is -3.07. The van der Waals surface area contributed by atoms with E-state index in [1.165, 1.54) is 0 Å². The van der Waals surface area contributed by atoms with Crippen LogP contribution >= 0.6 is 0 Å². The molecule has 0 saturated heterocycles. The summed E-state index contributed by atoms with van der Waals surface area (Å²) in [7, 11) is 3.76. The van der Waals surface area contributed by atoms with Gasteiger partial charge in [0.1, 0.15) is 11.5 Å². The fraction of sp³-hybridized carbons (Fsp3) is 0.263. The Morgan fingerprint density at radius 1 is 1.07 bits per heavy atom. The number of ether oxygens (including phenoxy) is 1. The minimum atomic E-state index is -1.20. The average molecular weight is 484 g/mol. The van der Waals surface area contributed by atoms with Crippen molar-refractivity contribution in [2.45, 2.75) is 12.5 Å². The standard InChI is InChI=1S/C19H23N3O4.HI/c1-22(2)13-15(12-18(23)24)21-19(25)20-14-7-6-10-17(11-14)26-16-8-4-3-5-9-16;/h3-11,15H,12-13H2,1-2H3,(H,23,24)(H2,20,21,25);1H/p-1/t15-;/m1./s1. The molecule has 0 aliphatic heterocycles. The van der Waals surface area contributed by atoms with Crippen molar-refractivity contribution in [1.82, 2.24) is 5.32 Å². The van der Waals surface area contributed by atoms with Crippen LogP contribution in [0.5, 0.6) is 11.5 Å². The molecule has 1 atom stereocenters. The SMILES string of the molecule is C[NH+](C)C[C@@H](CC(=O)[O-])NC(=O)Nc1cccc(Oc2ccccc2)c1.[I-]. The summed E-state index contributed by atoms with van der Waals surface area (Å²) in [5.41, 5.74) is 0.542. The van der Waals surface area contributed by atoms with Crippen LogP contribution in [0.3, 0.4) is 0 Å². The Morgan fingerprint density at radius 3 is 2.37 bits per heavy atom. The molecule has 0 saturated carbocycles. The average Bonchev–Trinajstić information content (AvgIpc) is 2.54. The van der Waals surface area contributed by atoms with Crippen LogP contribution in [0.4, 0.5) is 10.5 Å². The number of nitrogens with one attached hydrogen (secondary N) is 3. The van der Waals surface area contributed by atoms with Gasteiger partial charge < -0.3 is 54.1 Å². The number of carboxylic acid groups (broad SMARTS) is 1. The van der Waals surface area contributed by atoms with Crippen LogP contribution in [-0.2, 0) is 4.79 Å². The number of hydrogen-bond acceptors (Lipinski definition) is 4. The first-order valence-electron chi connectivity index (χ1n) is 8.31. The van der Waals surface area contributed by atoms with E-state index in [4.69, 9.17) is 4.74 Å². The predicted molar refractivity (Wildman–Crippen MR) is 96.2 cm³/mol. The number of carbonyl (C=O) groups is 2. The van der Waals surface area contributed by atoms with Gasteiger partial charge in [-0.15, -0.1) is 0 Å². The number of anilines is 1. The van der Waals surface area contributed by atoms with E-state index in [1.807, 2.05) is 44.4 Å². The van der Waals surface area contributed by atoms with Crippen LogP contribution in [0.2, 0.25) is 0 Å². The maximum Gasteiger partial charge on any atom is 0.319 e. The van der Waals surface area contributed by atoms with Gasteiger partial charge in [-0.3, -0.25) is 0 Å². The highest BCUT2D eigenvalue weighted by molar-refractivity contribution is 5.89. The molecule has 0 aliphatic rings. The van der Waals surface area contributed by atoms with E-state index in [0.29, 0.717) is 23.7 Å². The molecule has 2 aromatic carbocycles. The Hall–Kier alpha value is -2.33. The highest BCUT2D eigenvalue weighted by Crippen LogP contribution is 2.23. The van der Waals surface area contributed by atoms with Crippen LogP contribution in [0, 0.1) is 0 Å². The summed E-state index contributed by atoms with van der Waals surface area (Å²) in [5, 5.41) is 16.2. The van der Waals surface area contributed by atoms with Crippen molar-refractivity contribution in [3.63, 3.8) is 0 Å². The van der Waals surface area contributed by atoms with Crippen LogP contribution in [0.25, 0.3) is 0 Å². The normalized spacial score (nSPS) is 11.2. The first-order valence-corrected chi connectivity index (χ1v) is 8.31. The second-order valence-corrected chi connectivity index (χ2v) is 6.23. The van der Waals surface area contributed by atoms with E-state index in [9.17, 15) is 14.7 Å². The molecule has 0 spiro atoms. The lowest BCUT2D eigenvalue weighted by molar-refractivity contribution is -0.859. The molecule has 0 heterocycles. The zero-order valence-electron chi connectivity index (χ0n) is 15.2. The zero-order chi connectivity index (χ0) is 18.9. The van der Waals surface area contributed by atoms with Crippen molar-refractivity contribution >= 4 is 17.7 Å². The third kappa shape index (κ3) is 8.74. The molecule has 0 radical (unpaired) electrons. The first kappa shape index (κ1) is 22.7. The van der Waals surface area contributed by atoms with Crippen molar-refractivity contribution in [2.24, 2.45) is 0 Å². The van der Waals surface area contributed by atoms with Gasteiger partial charge in [-0.25, -0.2) is 4.79 Å². The molecule has 3 N–H and O–H groups in total. The fourth-order valence-corrected chi connectivity index (χ4v) is 2.48. The topological polar surface area (TPSA) is 94.9 Å². The Bertz CT molecular complexity index is 741. The predicted octanol–water partition coefficient (Wildman–Crippen LogP) is -2.74. The number of halogens is 1. The highest BCUT2D eigenvalue weighted by atomic mass is 127. The summed E-state index contributed by atoms with van der Waals surface area (Å²) >= 11 is 0. The minimum Gasteiger partial charge on any atom is -1.00 e. The van der Waals surface area contributed by atoms with Gasteiger partial charge in [0.2, 0.25) is 0 Å². The number of carbonyl (C=O) groups excluding carboxylic acids is 2. The van der Waals surface area contributed by atoms with Gasteiger partial charge in [-0.2, -0.15) is 0 Å². The van der Waals surface area contributed by atoms with Crippen LogP contribution < -0.4 is 49.4 Å². The van der Waals surface area contributed by atoms with Crippen molar-refractivity contribution < 1.29 is 48.3 Å². The molecule has 8 heteroatoms. The number of rotatable bonds is 8. The lowest BCUT2D eigenvalue weighted by atomic mass is 10.2. The van der Waals surface area contributed by atoms with E-state index >= 15 is 0 Å². The lowest BCUT2D eigenvalue weighted by Gasteiger charge is -2.21. The molecule has 0 bridgehead atoms. The number of amides is 2. The summed E-state index contributed by atoms with van der Waals surface area (Å²) in [6.07, 6.45) is -0.240. The van der Waals surface area contributed by atoms with Gasteiger partial charge in [0.05, 0.1) is 26.7 Å². The Balaban J connectivity index is 0.00000364. The Labute approximate surface area is 175 Å². The van der Waals surface area contributed by atoms with Gasteiger partial charge in [0.25, 0.3) is 0 Å². The molecular formula is C19H23IN3O4-. The summed E-state index contributed by atoms with van der Waals surface area (Å²) in [4.78, 5) is 24.0. The fourth-order valence-electron chi connectivity index (χ4n) is 2.48. The van der Waals surface area contributed by atoms with Gasteiger partial charge in [0, 0.05) is 24.1 Å². The molecule has 0 aromatic heterocycles. The number of likely N-dealkylation sites (N-methyl/N-ethyl adjacent to an activating group) is 1. The molecule has 146 valence electrons. The number of hydrogen-bond donors (Lipinski definition) is 3. The summed E-state index contributed by atoms with van der Waals surface area (Å²) in [6.45, 7) is 0.471. The minimum absolute atomic E-state index is 0. The van der Waals surface area contributed by atoms with Gasteiger partial charge in [0.15, 0.2) is 0 Å². The largest absolute Gasteiger partial charge is 1.00 e. The summed E-state index contributed by atoms with van der Waals surface area (Å²) < 4.78 is 5.73. The number of para-hydroxylation sites is 1. The second-order valence-electron chi connectivity index (χ2n) is 6.23. The van der Waals surface area contributed by atoms with Crippen molar-refractivity contribution in [3.05, 3.63) is 54.6 Å². The molecule has 2 aromatic rings. The Kier molecular flexibility index (Phi) is 9.59. The highest BCUT2D eigenvalue weighted by Gasteiger charge is 2.16. The molecule has 7 nitrogen and oxygen atoms in total. The maximum atomic E-state index is 12.2. The zero-order valence-corrected chi connectivity index (χ0v) is 17.4. The van der Waals surface area contributed by atoms with Crippen molar-refractivity contribution in [3.8, 4) is 11.5 Å². The second kappa shape index (κ2) is 11.4. The first-order chi connectivity index (χ1) is 12.4. The number of aliphatic carboxylic acids is 1. The molecule has 27 heavy (non-hydrogen) atoms. The van der Waals surface area contributed by atoms with Crippen molar-refractivity contribution in [1.29, 1.82) is 0 Å². The van der Waals surface area contributed by atoms with E-state index in [0.717, 1.165) is 4.90 Å². The quantitative estimate of drug-likeness (QED) is 0.355. The smallest absolute Gasteiger partial charge is 0.319 e. The molecule has 0 unspecified atom stereocenters. The number of urea groups is 1. The summed E-state index contributed by atoms with van der Waals surface area (Å²) in [5.74, 6) is 0.0740. The van der Waals surface area contributed by atoms with E-state index in [1.54, 1.807) is 24.3 Å². The third-order valence-corrected chi connectivity index (χ3v) is 3.47. The molecule has 2 amide bonds. The van der Waals surface area contributed by atoms with Crippen LogP contribution in [0.1, 0.15) is 6.42 Å². The molecular weight excluding hydrogens is 461 g/mol. The Morgan fingerprint density at radius 2 is 1.74 bits per heavy atom. The number of benzene rings is 2. The number of quaternary nitrogens is 1. The van der Waals surface area contributed by atoms with E-state index < -0.39 is 18.0 Å². The van der Waals surface area contributed by atoms with E-state index in [2.05, 4.69) is 10.6 Å². The molecule has 2 rings (SSSR count). The summed E-state index contributed by atoms with van der Waals surface area (Å²) in [6, 6.07) is 15.3. The molecule has 0 fully saturated rings. The molecule has 0 aliphatic carbocycles. The van der Waals surface area contributed by atoms with E-state index in [-0.39, 0.29) is 30.4 Å². The van der Waals surface area contributed by atoms with Gasteiger partial charge in [-0.1, -0.05) is 24.3 Å². The van der Waals surface area contributed by atoms with Gasteiger partial charge >= 0.3 is 6.03 Å².